The lowest BCUT2D eigenvalue weighted by molar-refractivity contribution is -0.118. The van der Waals surface area contributed by atoms with E-state index in [-0.39, 0.29) is 17.7 Å². The van der Waals surface area contributed by atoms with Crippen LogP contribution in [0.25, 0.3) is 0 Å². The maximum Gasteiger partial charge on any atom is 0.255 e. The van der Waals surface area contributed by atoms with Crippen LogP contribution in [0.4, 0.5) is 5.69 Å². The van der Waals surface area contributed by atoms with Gasteiger partial charge < -0.3 is 15.4 Å². The minimum Gasteiger partial charge on any atom is -0.493 e. The highest BCUT2D eigenvalue weighted by molar-refractivity contribution is 6.02. The largest absolute Gasteiger partial charge is 0.493 e. The van der Waals surface area contributed by atoms with Gasteiger partial charge in [0.15, 0.2) is 0 Å². The van der Waals surface area contributed by atoms with Gasteiger partial charge in [0.05, 0.1) is 24.1 Å². The van der Waals surface area contributed by atoms with Crippen LogP contribution in [0.5, 0.6) is 5.75 Å². The third kappa shape index (κ3) is 5.04. The molecule has 0 aliphatic heterocycles. The summed E-state index contributed by atoms with van der Waals surface area (Å²) in [7, 11) is 0. The van der Waals surface area contributed by atoms with E-state index in [2.05, 4.69) is 15.6 Å². The number of nitrogens with zero attached hydrogens (tertiary/aromatic N) is 1. The summed E-state index contributed by atoms with van der Waals surface area (Å²) in [6.45, 7) is 6.07. The molecule has 2 amide bonds. The van der Waals surface area contributed by atoms with Crippen LogP contribution in [-0.2, 0) is 4.79 Å². The minimum absolute atomic E-state index is 0.0834. The summed E-state index contributed by atoms with van der Waals surface area (Å²) in [6.07, 6.45) is 3.18. The van der Waals surface area contributed by atoms with Crippen LogP contribution in [0.15, 0.2) is 48.8 Å². The molecule has 1 aromatic heterocycles. The van der Waals surface area contributed by atoms with Crippen LogP contribution in [0.3, 0.4) is 0 Å². The van der Waals surface area contributed by atoms with E-state index in [4.69, 9.17) is 4.74 Å². The lowest BCUT2D eigenvalue weighted by atomic mass is 10.0. The number of carbonyl (C=O) groups excluding carboxylic acids is 2. The molecule has 132 valence electrons. The van der Waals surface area contributed by atoms with E-state index < -0.39 is 6.04 Å². The van der Waals surface area contributed by atoms with Gasteiger partial charge >= 0.3 is 0 Å². The first-order valence-electron chi connectivity index (χ1n) is 8.26. The first-order chi connectivity index (χ1) is 12.0. The van der Waals surface area contributed by atoms with Crippen LogP contribution in [-0.4, -0.2) is 29.4 Å². The maximum atomic E-state index is 12.6. The Morgan fingerprint density at radius 1 is 1.16 bits per heavy atom. The van der Waals surface area contributed by atoms with Crippen LogP contribution >= 0.6 is 0 Å². The van der Waals surface area contributed by atoms with Crippen molar-refractivity contribution in [3.63, 3.8) is 0 Å². The molecule has 6 heteroatoms. The van der Waals surface area contributed by atoms with Crippen LogP contribution in [0.1, 0.15) is 31.1 Å². The number of amides is 2. The molecule has 1 heterocycles. The molecule has 0 aliphatic rings. The number of aromatic nitrogens is 1. The van der Waals surface area contributed by atoms with Crippen LogP contribution < -0.4 is 15.4 Å². The zero-order valence-corrected chi connectivity index (χ0v) is 14.7. The molecule has 1 atom stereocenters. The molecular weight excluding hydrogens is 318 g/mol. The fraction of sp³-hybridized carbons (Fsp3) is 0.316. The Kier molecular flexibility index (Phi) is 6.51. The number of carbonyl (C=O) groups is 2. The number of rotatable bonds is 7. The fourth-order valence-electron chi connectivity index (χ4n) is 2.35. The second-order valence-electron chi connectivity index (χ2n) is 5.86. The average Bonchev–Trinajstić information content (AvgIpc) is 2.60. The third-order valence-corrected chi connectivity index (χ3v) is 3.60. The Balaban J connectivity index is 2.13. The third-order valence-electron chi connectivity index (χ3n) is 3.60. The normalized spacial score (nSPS) is 11.7. The number of para-hydroxylation sites is 1. The van der Waals surface area contributed by atoms with E-state index in [1.807, 2.05) is 20.8 Å². The van der Waals surface area contributed by atoms with Gasteiger partial charge in [0.25, 0.3) is 5.91 Å². The summed E-state index contributed by atoms with van der Waals surface area (Å²) < 4.78 is 5.49. The molecule has 1 aromatic carbocycles. The van der Waals surface area contributed by atoms with Gasteiger partial charge in [-0.2, -0.15) is 0 Å². The Bertz CT molecular complexity index is 717. The zero-order chi connectivity index (χ0) is 18.2. The molecule has 0 saturated carbocycles. The molecular formula is C19H23N3O3. The first-order valence-corrected chi connectivity index (χ1v) is 8.26. The molecule has 25 heavy (non-hydrogen) atoms. The fourth-order valence-corrected chi connectivity index (χ4v) is 2.35. The number of anilines is 1. The van der Waals surface area contributed by atoms with Crippen molar-refractivity contribution in [3.05, 3.63) is 54.4 Å². The molecule has 0 fully saturated rings. The smallest absolute Gasteiger partial charge is 0.255 e. The molecule has 0 bridgehead atoms. The van der Waals surface area contributed by atoms with Gasteiger partial charge in [0.1, 0.15) is 11.8 Å². The Labute approximate surface area is 147 Å². The molecule has 2 N–H and O–H groups in total. The Morgan fingerprint density at radius 2 is 1.92 bits per heavy atom. The van der Waals surface area contributed by atoms with E-state index in [0.29, 0.717) is 23.6 Å². The highest BCUT2D eigenvalue weighted by Gasteiger charge is 2.26. The summed E-state index contributed by atoms with van der Waals surface area (Å²) in [5.41, 5.74) is 0.992. The van der Waals surface area contributed by atoms with Gasteiger partial charge in [-0.15, -0.1) is 0 Å². The topological polar surface area (TPSA) is 80.3 Å². The minimum atomic E-state index is -0.678. The molecule has 6 nitrogen and oxygen atoms in total. The molecule has 0 saturated heterocycles. The zero-order valence-electron chi connectivity index (χ0n) is 14.7. The summed E-state index contributed by atoms with van der Waals surface area (Å²) in [5.74, 6) is -0.216. The van der Waals surface area contributed by atoms with Gasteiger partial charge in [0, 0.05) is 6.20 Å². The van der Waals surface area contributed by atoms with E-state index in [1.165, 1.54) is 0 Å². The highest BCUT2D eigenvalue weighted by Crippen LogP contribution is 2.18. The molecule has 0 radical (unpaired) electrons. The van der Waals surface area contributed by atoms with Crippen molar-refractivity contribution in [1.82, 2.24) is 10.3 Å². The summed E-state index contributed by atoms with van der Waals surface area (Å²) >= 11 is 0. The molecule has 0 spiro atoms. The van der Waals surface area contributed by atoms with Crippen molar-refractivity contribution in [1.29, 1.82) is 0 Å². The Hall–Kier alpha value is -2.89. The number of benzene rings is 1. The predicted molar refractivity (Wildman–Crippen MR) is 96.6 cm³/mol. The van der Waals surface area contributed by atoms with Gasteiger partial charge in [-0.05, 0) is 37.1 Å². The van der Waals surface area contributed by atoms with E-state index >= 15 is 0 Å². The monoisotopic (exact) mass is 341 g/mol. The first kappa shape index (κ1) is 18.4. The number of ether oxygens (including phenoxy) is 1. The van der Waals surface area contributed by atoms with Gasteiger partial charge in [-0.25, -0.2) is 0 Å². The second-order valence-corrected chi connectivity index (χ2v) is 5.86. The summed E-state index contributed by atoms with van der Waals surface area (Å²) in [5, 5.41) is 5.57. The van der Waals surface area contributed by atoms with Crippen molar-refractivity contribution < 1.29 is 14.3 Å². The lowest BCUT2D eigenvalue weighted by Crippen LogP contribution is -2.47. The van der Waals surface area contributed by atoms with Crippen molar-refractivity contribution in [3.8, 4) is 5.75 Å². The number of nitrogens with one attached hydrogen (secondary N) is 2. The molecule has 0 aliphatic carbocycles. The molecule has 2 rings (SSSR count). The van der Waals surface area contributed by atoms with E-state index in [0.717, 1.165) is 0 Å². The van der Waals surface area contributed by atoms with E-state index in [9.17, 15) is 9.59 Å². The maximum absolute atomic E-state index is 12.6. The van der Waals surface area contributed by atoms with Crippen LogP contribution in [0.2, 0.25) is 0 Å². The Morgan fingerprint density at radius 3 is 2.56 bits per heavy atom. The standard InChI is InChI=1S/C19H23N3O3/c1-4-25-16-10-6-5-9-15(16)18(23)22-17(13(2)3)19(24)21-14-8-7-11-20-12-14/h5-13,17H,4H2,1-3H3,(H,21,24)(H,22,23)/t17-/m0/s1. The van der Waals surface area contributed by atoms with Crippen molar-refractivity contribution in [2.45, 2.75) is 26.8 Å². The predicted octanol–water partition coefficient (Wildman–Crippen LogP) is 2.87. The molecule has 0 unspecified atom stereocenters. The lowest BCUT2D eigenvalue weighted by Gasteiger charge is -2.22. The van der Waals surface area contributed by atoms with Crippen molar-refractivity contribution >= 4 is 17.5 Å². The van der Waals surface area contributed by atoms with Gasteiger partial charge in [0.2, 0.25) is 5.91 Å². The molecule has 2 aromatic rings. The van der Waals surface area contributed by atoms with Crippen molar-refractivity contribution in [2.24, 2.45) is 5.92 Å². The summed E-state index contributed by atoms with van der Waals surface area (Å²) in [4.78, 5) is 29.1. The van der Waals surface area contributed by atoms with Crippen molar-refractivity contribution in [2.75, 3.05) is 11.9 Å². The number of hydrogen-bond acceptors (Lipinski definition) is 4. The van der Waals surface area contributed by atoms with Gasteiger partial charge in [-0.3, -0.25) is 14.6 Å². The summed E-state index contributed by atoms with van der Waals surface area (Å²) in [6, 6.07) is 9.78. The highest BCUT2D eigenvalue weighted by atomic mass is 16.5. The van der Waals surface area contributed by atoms with Gasteiger partial charge in [-0.1, -0.05) is 26.0 Å². The number of pyridine rings is 1. The second kappa shape index (κ2) is 8.82. The quantitative estimate of drug-likeness (QED) is 0.811. The average molecular weight is 341 g/mol. The number of hydrogen-bond donors (Lipinski definition) is 2. The van der Waals surface area contributed by atoms with E-state index in [1.54, 1.807) is 48.8 Å². The SMILES string of the molecule is CCOc1ccccc1C(=O)N[C@H](C(=O)Nc1cccnc1)C(C)C. The van der Waals surface area contributed by atoms with Crippen LogP contribution in [0, 0.1) is 5.92 Å².